The Labute approximate surface area is 135 Å². The lowest BCUT2D eigenvalue weighted by atomic mass is 10.4. The third kappa shape index (κ3) is 4.84. The maximum atomic E-state index is 11.6. The number of ether oxygens (including phenoxy) is 1. The van der Waals surface area contributed by atoms with Gasteiger partial charge in [-0.2, -0.15) is 4.98 Å². The van der Waals surface area contributed by atoms with Crippen LogP contribution in [0.2, 0.25) is 0 Å². The normalized spacial score (nSPS) is 15.5. The number of fused-ring (bicyclic) bond motifs is 1. The van der Waals surface area contributed by atoms with Crippen molar-refractivity contribution in [3.8, 4) is 0 Å². The zero-order valence-electron chi connectivity index (χ0n) is 12.5. The maximum Gasteiger partial charge on any atom is 0.353 e. The molecule has 13 heteroatoms. The highest BCUT2D eigenvalue weighted by Crippen LogP contribution is 2.41. The summed E-state index contributed by atoms with van der Waals surface area (Å²) in [6, 6.07) is 0. The van der Waals surface area contributed by atoms with Crippen LogP contribution in [0.25, 0.3) is 11.2 Å². The molecule has 0 radical (unpaired) electrons. The number of aromatic nitrogens is 4. The number of aliphatic hydroxyl groups excluding tert-OH is 2. The highest BCUT2D eigenvalue weighted by molar-refractivity contribution is 7.52. The van der Waals surface area contributed by atoms with E-state index >= 15 is 0 Å². The van der Waals surface area contributed by atoms with Crippen molar-refractivity contribution in [3.05, 3.63) is 16.7 Å². The summed E-state index contributed by atoms with van der Waals surface area (Å²) >= 11 is 0. The zero-order chi connectivity index (χ0) is 17.7. The lowest BCUT2D eigenvalue weighted by molar-refractivity contribution is 0.0449. The molecule has 2 atom stereocenters. The van der Waals surface area contributed by atoms with Crippen LogP contribution in [-0.4, -0.2) is 66.9 Å². The van der Waals surface area contributed by atoms with Crippen LogP contribution in [0.3, 0.4) is 0 Å². The predicted molar refractivity (Wildman–Crippen MR) is 82.3 cm³/mol. The van der Waals surface area contributed by atoms with Crippen LogP contribution in [-0.2, 0) is 20.4 Å². The molecule has 2 aromatic heterocycles. The monoisotopic (exact) mass is 363 g/mol. The Bertz CT molecular complexity index is 791. The van der Waals surface area contributed by atoms with E-state index < -0.39 is 38.8 Å². The summed E-state index contributed by atoms with van der Waals surface area (Å²) < 4.78 is 22.8. The molecule has 0 spiro atoms. The molecule has 2 heterocycles. The number of nitrogens with two attached hydrogens (primary N) is 1. The molecule has 0 saturated carbocycles. The van der Waals surface area contributed by atoms with E-state index in [1.807, 2.05) is 0 Å². The van der Waals surface area contributed by atoms with Crippen LogP contribution in [0.15, 0.2) is 11.1 Å². The van der Waals surface area contributed by atoms with Crippen LogP contribution in [0.5, 0.6) is 0 Å². The van der Waals surface area contributed by atoms with Gasteiger partial charge in [-0.25, -0.2) is 4.98 Å². The Balaban J connectivity index is 1.87. The van der Waals surface area contributed by atoms with Crippen LogP contribution < -0.4 is 11.3 Å². The molecule has 6 N–H and O–H groups in total. The van der Waals surface area contributed by atoms with Gasteiger partial charge in [0.2, 0.25) is 5.95 Å². The first-order valence-electron chi connectivity index (χ1n) is 6.86. The van der Waals surface area contributed by atoms with Gasteiger partial charge in [0.05, 0.1) is 26.1 Å². The molecule has 0 saturated heterocycles. The van der Waals surface area contributed by atoms with Crippen molar-refractivity contribution in [1.29, 1.82) is 0 Å². The van der Waals surface area contributed by atoms with Crippen molar-refractivity contribution in [3.63, 3.8) is 0 Å². The van der Waals surface area contributed by atoms with Gasteiger partial charge in [-0.05, 0) is 0 Å². The predicted octanol–water partition coefficient (Wildman–Crippen LogP) is -1.77. The lowest BCUT2D eigenvalue weighted by Crippen LogP contribution is -2.19. The fourth-order valence-electron chi connectivity index (χ4n) is 1.77. The van der Waals surface area contributed by atoms with Crippen LogP contribution in [0, 0.1) is 0 Å². The maximum absolute atomic E-state index is 11.6. The smallest absolute Gasteiger partial charge is 0.353 e. The van der Waals surface area contributed by atoms with Gasteiger partial charge in [-0.3, -0.25) is 14.3 Å². The molecule has 2 aromatic rings. The highest BCUT2D eigenvalue weighted by atomic mass is 31.2. The van der Waals surface area contributed by atoms with E-state index in [9.17, 15) is 14.3 Å². The molecule has 0 aliphatic carbocycles. The Morgan fingerprint density at radius 2 is 2.25 bits per heavy atom. The van der Waals surface area contributed by atoms with Crippen molar-refractivity contribution >= 4 is 24.7 Å². The first-order valence-corrected chi connectivity index (χ1v) is 8.62. The molecule has 0 bridgehead atoms. The van der Waals surface area contributed by atoms with Crippen LogP contribution >= 0.6 is 7.60 Å². The van der Waals surface area contributed by atoms with E-state index in [1.165, 1.54) is 10.9 Å². The molecular formula is C11H18N5O7P. The second kappa shape index (κ2) is 7.83. The molecular weight excluding hydrogens is 345 g/mol. The number of nitrogens with one attached hydrogen (secondary N) is 1. The number of hydrogen-bond donors (Lipinski definition) is 5. The summed E-state index contributed by atoms with van der Waals surface area (Å²) in [5.41, 5.74) is 5.40. The Morgan fingerprint density at radius 3 is 2.96 bits per heavy atom. The number of aromatic amines is 1. The van der Waals surface area contributed by atoms with E-state index in [4.69, 9.17) is 20.7 Å². The fourth-order valence-corrected chi connectivity index (χ4v) is 2.61. The van der Waals surface area contributed by atoms with Crippen molar-refractivity contribution in [1.82, 2.24) is 19.5 Å². The van der Waals surface area contributed by atoms with Gasteiger partial charge >= 0.3 is 7.60 Å². The minimum Gasteiger partial charge on any atom is -0.394 e. The van der Waals surface area contributed by atoms with E-state index in [2.05, 4.69) is 19.5 Å². The number of nitrogens with zero attached hydrogens (tertiary/aromatic N) is 3. The average Bonchev–Trinajstić information content (AvgIpc) is 2.92. The van der Waals surface area contributed by atoms with Crippen LogP contribution in [0.1, 0.15) is 0 Å². The second-order valence-electron chi connectivity index (χ2n) is 4.87. The summed E-state index contributed by atoms with van der Waals surface area (Å²) in [6.45, 7) is -0.822. The molecule has 0 aliphatic heterocycles. The molecule has 0 aliphatic rings. The van der Waals surface area contributed by atoms with Gasteiger partial charge in [-0.15, -0.1) is 0 Å². The standard InChI is InChI=1S/C11H18N5O7P/c12-11-14-9-8(10(19)15-11)13-5-16(9)1-2-22-6-24(20,21)23-4-7(18)3-17/h5,7,17-18H,1-4,6H2,(H,20,21)(H3,12,14,15,19). The topological polar surface area (TPSA) is 186 Å². The Kier molecular flexibility index (Phi) is 6.04. The van der Waals surface area contributed by atoms with Gasteiger partial charge in [-0.1, -0.05) is 0 Å². The van der Waals surface area contributed by atoms with E-state index in [0.29, 0.717) is 0 Å². The number of anilines is 1. The van der Waals surface area contributed by atoms with E-state index in [-0.39, 0.29) is 30.3 Å². The highest BCUT2D eigenvalue weighted by Gasteiger charge is 2.21. The number of H-pyrrole nitrogens is 1. The van der Waals surface area contributed by atoms with Crippen LogP contribution in [0.4, 0.5) is 5.95 Å². The summed E-state index contributed by atoms with van der Waals surface area (Å²) in [6.07, 6.45) is -0.451. The Morgan fingerprint density at radius 1 is 1.50 bits per heavy atom. The lowest BCUT2D eigenvalue weighted by Gasteiger charge is -2.14. The largest absolute Gasteiger partial charge is 0.394 e. The van der Waals surface area contributed by atoms with Gasteiger partial charge in [0.25, 0.3) is 5.56 Å². The number of rotatable bonds is 9. The van der Waals surface area contributed by atoms with Crippen molar-refractivity contribution in [2.24, 2.45) is 0 Å². The molecule has 0 fully saturated rings. The number of nitrogen functional groups attached to an aromatic ring is 1. The number of imidazole rings is 1. The first-order chi connectivity index (χ1) is 11.3. The SMILES string of the molecule is Nc1nc2c(ncn2CCOCP(=O)(O)OCC(O)CO)c(=O)[nH]1. The average molecular weight is 363 g/mol. The molecule has 12 nitrogen and oxygen atoms in total. The molecule has 0 aromatic carbocycles. The summed E-state index contributed by atoms with van der Waals surface area (Å²) in [5, 5.41) is 17.7. The quantitative estimate of drug-likeness (QED) is 0.252. The van der Waals surface area contributed by atoms with E-state index in [0.717, 1.165) is 0 Å². The fraction of sp³-hybridized carbons (Fsp3) is 0.545. The molecule has 0 amide bonds. The second-order valence-corrected chi connectivity index (χ2v) is 6.66. The zero-order valence-corrected chi connectivity index (χ0v) is 13.4. The minimum absolute atomic E-state index is 0.0241. The molecule has 2 rings (SSSR count). The number of aliphatic hydroxyl groups is 2. The minimum atomic E-state index is -4.04. The third-order valence-corrected chi connectivity index (χ3v) is 3.96. The van der Waals surface area contributed by atoms with Crippen molar-refractivity contribution in [2.45, 2.75) is 12.6 Å². The first kappa shape index (κ1) is 18.5. The van der Waals surface area contributed by atoms with Gasteiger partial charge in [0.1, 0.15) is 12.5 Å². The van der Waals surface area contributed by atoms with Gasteiger partial charge < -0.3 is 34.7 Å². The Hall–Kier alpha value is -1.82. The van der Waals surface area contributed by atoms with Crippen molar-refractivity contribution < 1.29 is 28.9 Å². The summed E-state index contributed by atoms with van der Waals surface area (Å²) in [4.78, 5) is 31.3. The van der Waals surface area contributed by atoms with Gasteiger partial charge in [0, 0.05) is 6.54 Å². The molecule has 2 unspecified atom stereocenters. The summed E-state index contributed by atoms with van der Waals surface area (Å²) in [5.74, 6) is -0.0501. The molecule has 134 valence electrons. The number of hydrogen-bond acceptors (Lipinski definition) is 9. The van der Waals surface area contributed by atoms with Crippen molar-refractivity contribution in [2.75, 3.05) is 31.9 Å². The molecule has 24 heavy (non-hydrogen) atoms. The van der Waals surface area contributed by atoms with Gasteiger partial charge in [0.15, 0.2) is 11.2 Å². The summed E-state index contributed by atoms with van der Waals surface area (Å²) in [7, 11) is -4.04. The van der Waals surface area contributed by atoms with E-state index in [1.54, 1.807) is 0 Å². The third-order valence-electron chi connectivity index (χ3n) is 2.90.